The first-order chi connectivity index (χ1) is 18.5. The molecule has 3 N–H and O–H groups in total. The van der Waals surface area contributed by atoms with E-state index in [9.17, 15) is 4.79 Å². The summed E-state index contributed by atoms with van der Waals surface area (Å²) in [5.41, 5.74) is 5.41. The zero-order chi connectivity index (χ0) is 26.1. The fourth-order valence-electron chi connectivity index (χ4n) is 4.63. The molecule has 0 aliphatic carbocycles. The summed E-state index contributed by atoms with van der Waals surface area (Å²) >= 11 is 0. The summed E-state index contributed by atoms with van der Waals surface area (Å²) in [4.78, 5) is 34.5. The molecule has 0 unspecified atom stereocenters. The van der Waals surface area contributed by atoms with Crippen molar-refractivity contribution < 1.29 is 4.79 Å². The molecule has 5 aromatic rings. The fourth-order valence-corrected chi connectivity index (χ4v) is 4.63. The summed E-state index contributed by atoms with van der Waals surface area (Å²) in [6.45, 7) is 4.50. The monoisotopic (exact) mass is 505 g/mol. The van der Waals surface area contributed by atoms with Crippen molar-refractivity contribution in [3.05, 3.63) is 79.3 Å². The number of anilines is 3. The van der Waals surface area contributed by atoms with Crippen molar-refractivity contribution in [3.63, 3.8) is 0 Å². The first kappa shape index (κ1) is 23.4. The Morgan fingerprint density at radius 1 is 0.868 bits per heavy atom. The van der Waals surface area contributed by atoms with Gasteiger partial charge in [-0.15, -0.1) is 0 Å². The van der Waals surface area contributed by atoms with E-state index in [0.717, 1.165) is 41.4 Å². The number of nitrogens with one attached hydrogen (secondary N) is 1. The van der Waals surface area contributed by atoms with Gasteiger partial charge >= 0.3 is 0 Å². The maximum atomic E-state index is 11.6. The molecular formula is C28H27N9O. The molecule has 1 aliphatic heterocycles. The molecule has 6 rings (SSSR count). The lowest BCUT2D eigenvalue weighted by molar-refractivity contribution is -0.129. The van der Waals surface area contributed by atoms with Crippen LogP contribution in [-0.4, -0.2) is 61.6 Å². The van der Waals surface area contributed by atoms with Gasteiger partial charge in [-0.3, -0.25) is 4.79 Å². The minimum Gasteiger partial charge on any atom is -0.356 e. The molecule has 10 nitrogen and oxygen atoms in total. The predicted molar refractivity (Wildman–Crippen MR) is 148 cm³/mol. The third-order valence-electron chi connectivity index (χ3n) is 6.67. The number of carbonyl (C=O) groups is 1. The fraction of sp³-hybridized carbons (Fsp3) is 0.179. The Bertz CT molecular complexity index is 1590. The topological polar surface area (TPSA) is 118 Å². The van der Waals surface area contributed by atoms with Crippen molar-refractivity contribution in [3.8, 4) is 22.6 Å². The molecule has 1 saturated heterocycles. The van der Waals surface area contributed by atoms with Gasteiger partial charge in [0.1, 0.15) is 23.4 Å². The number of amides is 1. The third-order valence-corrected chi connectivity index (χ3v) is 6.67. The summed E-state index contributed by atoms with van der Waals surface area (Å²) in [6, 6.07) is 21.9. The van der Waals surface area contributed by atoms with Gasteiger partial charge in [0.05, 0.1) is 0 Å². The number of hydrogen-bond donors (Lipinski definition) is 2. The number of imidazole rings is 1. The number of nitrogens with zero attached hydrogens (tertiary/aromatic N) is 7. The Kier molecular flexibility index (Phi) is 6.04. The van der Waals surface area contributed by atoms with Crippen LogP contribution in [0.1, 0.15) is 6.92 Å². The van der Waals surface area contributed by atoms with Crippen LogP contribution < -0.4 is 16.1 Å². The lowest BCUT2D eigenvalue weighted by Gasteiger charge is -2.34. The molecule has 0 radical (unpaired) electrons. The van der Waals surface area contributed by atoms with Crippen LogP contribution in [0, 0.1) is 0 Å². The quantitative estimate of drug-likeness (QED) is 0.347. The predicted octanol–water partition coefficient (Wildman–Crippen LogP) is 3.68. The molecule has 10 heteroatoms. The minimum atomic E-state index is 0.109. The van der Waals surface area contributed by atoms with Gasteiger partial charge in [0, 0.05) is 61.8 Å². The molecule has 38 heavy (non-hydrogen) atoms. The van der Waals surface area contributed by atoms with Crippen molar-refractivity contribution in [2.45, 2.75) is 6.92 Å². The van der Waals surface area contributed by atoms with Gasteiger partial charge in [0.2, 0.25) is 5.91 Å². The largest absolute Gasteiger partial charge is 0.356 e. The van der Waals surface area contributed by atoms with E-state index in [0.29, 0.717) is 35.8 Å². The average molecular weight is 506 g/mol. The zero-order valence-corrected chi connectivity index (χ0v) is 21.0. The summed E-state index contributed by atoms with van der Waals surface area (Å²) in [6.07, 6.45) is 3.34. The van der Waals surface area contributed by atoms with Gasteiger partial charge in [0.15, 0.2) is 11.5 Å². The molecule has 0 atom stereocenters. The standard InChI is InChI=1S/C28H27N9O/c1-19(38)35-12-14-36(15-13-35)24-11-10-21(17-30-24)25-26-28(37(29)18-31-26)34-27(33-25)20-6-5-9-23(16-20)32-22-7-3-2-4-8-22/h2-11,16-18,32H,12-15,29H2,1H3. The molecule has 0 spiro atoms. The van der Waals surface area contributed by atoms with Crippen LogP contribution in [0.2, 0.25) is 0 Å². The number of hydrogen-bond acceptors (Lipinski definition) is 8. The van der Waals surface area contributed by atoms with Gasteiger partial charge in [-0.25, -0.2) is 24.6 Å². The third kappa shape index (κ3) is 4.59. The van der Waals surface area contributed by atoms with Crippen LogP contribution in [-0.2, 0) is 4.79 Å². The van der Waals surface area contributed by atoms with E-state index in [-0.39, 0.29) is 5.91 Å². The molecular weight excluding hydrogens is 478 g/mol. The van der Waals surface area contributed by atoms with Crippen LogP contribution in [0.25, 0.3) is 33.8 Å². The first-order valence-corrected chi connectivity index (χ1v) is 12.4. The van der Waals surface area contributed by atoms with Gasteiger partial charge in [-0.05, 0) is 36.4 Å². The lowest BCUT2D eigenvalue weighted by Crippen LogP contribution is -2.48. The second-order valence-corrected chi connectivity index (χ2v) is 9.19. The number of para-hydroxylation sites is 1. The Morgan fingerprint density at radius 2 is 1.66 bits per heavy atom. The summed E-state index contributed by atoms with van der Waals surface area (Å²) in [7, 11) is 0. The summed E-state index contributed by atoms with van der Waals surface area (Å²) in [5, 5.41) is 3.42. The highest BCUT2D eigenvalue weighted by atomic mass is 16.2. The Balaban J connectivity index is 1.32. The molecule has 0 saturated carbocycles. The maximum absolute atomic E-state index is 11.6. The van der Waals surface area contributed by atoms with E-state index < -0.39 is 0 Å². The first-order valence-electron chi connectivity index (χ1n) is 12.4. The molecule has 0 bridgehead atoms. The van der Waals surface area contributed by atoms with E-state index >= 15 is 0 Å². The lowest BCUT2D eigenvalue weighted by atomic mass is 10.1. The number of piperazine rings is 1. The number of pyridine rings is 1. The molecule has 190 valence electrons. The molecule has 1 amide bonds. The summed E-state index contributed by atoms with van der Waals surface area (Å²) in [5.74, 6) is 7.68. The Labute approximate surface area is 219 Å². The van der Waals surface area contributed by atoms with E-state index in [1.54, 1.807) is 13.1 Å². The van der Waals surface area contributed by atoms with Crippen molar-refractivity contribution in [1.29, 1.82) is 0 Å². The van der Waals surface area contributed by atoms with Crippen molar-refractivity contribution >= 4 is 34.3 Å². The van der Waals surface area contributed by atoms with Gasteiger partial charge in [-0.1, -0.05) is 30.3 Å². The molecule has 1 aliphatic rings. The highest BCUT2D eigenvalue weighted by Crippen LogP contribution is 2.30. The van der Waals surface area contributed by atoms with E-state index in [1.807, 2.05) is 71.6 Å². The number of rotatable bonds is 5. The number of fused-ring (bicyclic) bond motifs is 1. The second kappa shape index (κ2) is 9.81. The SMILES string of the molecule is CC(=O)N1CCN(c2ccc(-c3nc(-c4cccc(Nc5ccccc5)c4)nc4c3ncn4N)cn2)CC1. The normalized spacial score (nSPS) is 13.6. The Hall–Kier alpha value is -4.99. The van der Waals surface area contributed by atoms with Crippen molar-refractivity contribution in [2.24, 2.45) is 0 Å². The Morgan fingerprint density at radius 3 is 2.39 bits per heavy atom. The number of nitrogens with two attached hydrogens (primary N) is 1. The van der Waals surface area contributed by atoms with Crippen LogP contribution in [0.4, 0.5) is 17.2 Å². The van der Waals surface area contributed by atoms with Crippen LogP contribution in [0.3, 0.4) is 0 Å². The number of carbonyl (C=O) groups excluding carboxylic acids is 1. The van der Waals surface area contributed by atoms with Crippen molar-refractivity contribution in [1.82, 2.24) is 29.5 Å². The van der Waals surface area contributed by atoms with Crippen molar-refractivity contribution in [2.75, 3.05) is 42.2 Å². The summed E-state index contributed by atoms with van der Waals surface area (Å²) < 4.78 is 1.41. The molecule has 3 aromatic heterocycles. The second-order valence-electron chi connectivity index (χ2n) is 9.19. The van der Waals surface area contributed by atoms with Crippen LogP contribution in [0.5, 0.6) is 0 Å². The minimum absolute atomic E-state index is 0.109. The molecule has 4 heterocycles. The zero-order valence-electron chi connectivity index (χ0n) is 21.0. The van der Waals surface area contributed by atoms with Gasteiger partial charge < -0.3 is 21.0 Å². The molecule has 1 fully saturated rings. The van der Waals surface area contributed by atoms with Gasteiger partial charge in [0.25, 0.3) is 0 Å². The van der Waals surface area contributed by atoms with Gasteiger partial charge in [-0.2, -0.15) is 0 Å². The van der Waals surface area contributed by atoms with Crippen LogP contribution >= 0.6 is 0 Å². The number of nitrogen functional groups attached to an aromatic ring is 1. The number of aromatic nitrogens is 5. The highest BCUT2D eigenvalue weighted by molar-refractivity contribution is 5.89. The average Bonchev–Trinajstić information content (AvgIpc) is 3.34. The highest BCUT2D eigenvalue weighted by Gasteiger charge is 2.20. The van der Waals surface area contributed by atoms with E-state index in [2.05, 4.69) is 15.2 Å². The van der Waals surface area contributed by atoms with E-state index in [4.69, 9.17) is 20.8 Å². The number of benzene rings is 2. The maximum Gasteiger partial charge on any atom is 0.219 e. The van der Waals surface area contributed by atoms with Crippen LogP contribution in [0.15, 0.2) is 79.3 Å². The van der Waals surface area contributed by atoms with E-state index in [1.165, 1.54) is 11.0 Å². The smallest absolute Gasteiger partial charge is 0.219 e. The molecule has 2 aromatic carbocycles.